The van der Waals surface area contributed by atoms with Crippen molar-refractivity contribution in [1.29, 1.82) is 0 Å². The van der Waals surface area contributed by atoms with Crippen LogP contribution in [0.5, 0.6) is 0 Å². The minimum atomic E-state index is -0.591. The first-order valence-corrected chi connectivity index (χ1v) is 12.7. The van der Waals surface area contributed by atoms with Gasteiger partial charge in [0.05, 0.1) is 5.56 Å². The van der Waals surface area contributed by atoms with Crippen molar-refractivity contribution in [1.82, 2.24) is 25.5 Å². The van der Waals surface area contributed by atoms with Crippen molar-refractivity contribution >= 4 is 29.2 Å². The highest BCUT2D eigenvalue weighted by Gasteiger charge is 2.26. The molecule has 4 N–H and O–H groups in total. The minimum Gasteiger partial charge on any atom is -0.363 e. The van der Waals surface area contributed by atoms with Crippen LogP contribution >= 0.6 is 0 Å². The van der Waals surface area contributed by atoms with E-state index in [-0.39, 0.29) is 30.1 Å². The Hall–Kier alpha value is -4.54. The van der Waals surface area contributed by atoms with Gasteiger partial charge in [0.1, 0.15) is 17.5 Å². The summed E-state index contributed by atoms with van der Waals surface area (Å²) in [7, 11) is 3.73. The van der Waals surface area contributed by atoms with Crippen molar-refractivity contribution in [2.75, 3.05) is 29.6 Å². The molecule has 3 aromatic heterocycles. The average molecular weight is 533 g/mol. The van der Waals surface area contributed by atoms with E-state index in [0.717, 1.165) is 29.9 Å². The molecule has 0 aliphatic heterocycles. The molecule has 0 spiro atoms. The van der Waals surface area contributed by atoms with E-state index in [0.29, 0.717) is 28.7 Å². The van der Waals surface area contributed by atoms with Crippen LogP contribution in [0.25, 0.3) is 0 Å². The van der Waals surface area contributed by atoms with Crippen molar-refractivity contribution < 1.29 is 13.6 Å². The maximum atomic E-state index is 15.2. The lowest BCUT2D eigenvalue weighted by atomic mass is 10.1. The Balaban J connectivity index is 1.37. The zero-order valence-electron chi connectivity index (χ0n) is 21.9. The van der Waals surface area contributed by atoms with Crippen LogP contribution in [0.4, 0.5) is 32.1 Å². The lowest BCUT2D eigenvalue weighted by Gasteiger charge is -2.19. The van der Waals surface area contributed by atoms with E-state index in [2.05, 4.69) is 36.1 Å². The first-order chi connectivity index (χ1) is 18.8. The van der Waals surface area contributed by atoms with Gasteiger partial charge in [0.25, 0.3) is 5.91 Å². The van der Waals surface area contributed by atoms with Gasteiger partial charge in [-0.15, -0.1) is 0 Å². The monoisotopic (exact) mass is 532 g/mol. The molecule has 9 nitrogen and oxygen atoms in total. The number of nitrogens with one attached hydrogen (secondary N) is 4. The lowest BCUT2D eigenvalue weighted by Crippen LogP contribution is -2.24. The summed E-state index contributed by atoms with van der Waals surface area (Å²) in [6.45, 7) is 1.91. The number of benzene rings is 1. The van der Waals surface area contributed by atoms with E-state index in [1.54, 1.807) is 24.3 Å². The number of halogens is 2. The number of H-pyrrole nitrogens is 1. The van der Waals surface area contributed by atoms with Gasteiger partial charge in [-0.1, -0.05) is 12.1 Å². The summed E-state index contributed by atoms with van der Waals surface area (Å²) in [6.07, 6.45) is 3.71. The third-order valence-corrected chi connectivity index (χ3v) is 6.55. The fourth-order valence-electron chi connectivity index (χ4n) is 4.10. The molecular formula is C28H30F2N8O. The van der Waals surface area contributed by atoms with E-state index in [1.807, 2.05) is 32.0 Å². The fourth-order valence-corrected chi connectivity index (χ4v) is 4.10. The summed E-state index contributed by atoms with van der Waals surface area (Å²) in [5, 5.41) is 16.3. The van der Waals surface area contributed by atoms with Crippen LogP contribution in [0.3, 0.4) is 0 Å². The average Bonchev–Trinajstić information content (AvgIpc) is 3.68. The summed E-state index contributed by atoms with van der Waals surface area (Å²) < 4.78 is 28.6. The molecule has 1 saturated carbocycles. The predicted octanol–water partition coefficient (Wildman–Crippen LogP) is 5.27. The Labute approximate surface area is 225 Å². The fraction of sp³-hybridized carbons (Fsp3) is 0.286. The molecule has 1 amide bonds. The molecule has 0 radical (unpaired) electrons. The largest absolute Gasteiger partial charge is 0.363 e. The molecule has 1 aliphatic carbocycles. The molecule has 0 bridgehead atoms. The maximum absolute atomic E-state index is 15.2. The summed E-state index contributed by atoms with van der Waals surface area (Å²) in [5.41, 5.74) is 2.65. The third-order valence-electron chi connectivity index (χ3n) is 6.55. The smallest absolute Gasteiger partial charge is 0.253 e. The SMILES string of the molecule is C[C@H](Nc1nc(Nc2cc(C3CC3)[nH]n2)c(F)cc1CNC(=O)c1ccc(N(C)C)nc1)c1ccc(F)cc1. The first kappa shape index (κ1) is 26.1. The summed E-state index contributed by atoms with van der Waals surface area (Å²) in [6, 6.07) is 12.4. The molecule has 0 saturated heterocycles. The van der Waals surface area contributed by atoms with Crippen molar-refractivity contribution in [2.24, 2.45) is 0 Å². The second kappa shape index (κ2) is 11.1. The number of amides is 1. The molecule has 1 aliphatic rings. The van der Waals surface area contributed by atoms with E-state index < -0.39 is 5.82 Å². The van der Waals surface area contributed by atoms with Crippen molar-refractivity contribution in [3.8, 4) is 0 Å². The molecule has 202 valence electrons. The number of rotatable bonds is 10. The van der Waals surface area contributed by atoms with E-state index in [9.17, 15) is 9.18 Å². The molecule has 1 fully saturated rings. The van der Waals surface area contributed by atoms with Crippen molar-refractivity contribution in [3.05, 3.63) is 88.7 Å². The van der Waals surface area contributed by atoms with Gasteiger partial charge in [0, 0.05) is 56.1 Å². The molecular weight excluding hydrogens is 502 g/mol. The maximum Gasteiger partial charge on any atom is 0.253 e. The second-order valence-corrected chi connectivity index (χ2v) is 9.83. The number of carbonyl (C=O) groups excluding carboxylic acids is 1. The van der Waals surface area contributed by atoms with Crippen LogP contribution in [0.15, 0.2) is 54.7 Å². The van der Waals surface area contributed by atoms with Gasteiger partial charge in [0.2, 0.25) is 0 Å². The second-order valence-electron chi connectivity index (χ2n) is 9.83. The highest BCUT2D eigenvalue weighted by atomic mass is 19.1. The Morgan fingerprint density at radius 1 is 1.10 bits per heavy atom. The number of aromatic nitrogens is 4. The van der Waals surface area contributed by atoms with Gasteiger partial charge in [-0.2, -0.15) is 5.10 Å². The molecule has 1 aromatic carbocycles. The number of hydrogen-bond donors (Lipinski definition) is 4. The van der Waals surface area contributed by atoms with Crippen LogP contribution in [0.1, 0.15) is 58.9 Å². The van der Waals surface area contributed by atoms with E-state index in [1.165, 1.54) is 24.4 Å². The number of carbonyl (C=O) groups is 1. The van der Waals surface area contributed by atoms with Gasteiger partial charge in [-0.25, -0.2) is 18.7 Å². The van der Waals surface area contributed by atoms with Crippen LogP contribution in [-0.2, 0) is 6.54 Å². The quantitative estimate of drug-likeness (QED) is 0.220. The molecule has 39 heavy (non-hydrogen) atoms. The lowest BCUT2D eigenvalue weighted by molar-refractivity contribution is 0.0950. The summed E-state index contributed by atoms with van der Waals surface area (Å²) in [4.78, 5) is 23.4. The van der Waals surface area contributed by atoms with Gasteiger partial charge in [-0.3, -0.25) is 9.89 Å². The number of aromatic amines is 1. The minimum absolute atomic E-state index is 0.00351. The summed E-state index contributed by atoms with van der Waals surface area (Å²) >= 11 is 0. The first-order valence-electron chi connectivity index (χ1n) is 12.7. The number of anilines is 4. The number of hydrogen-bond acceptors (Lipinski definition) is 7. The van der Waals surface area contributed by atoms with Gasteiger partial charge in [-0.05, 0) is 55.7 Å². The van der Waals surface area contributed by atoms with E-state index in [4.69, 9.17) is 0 Å². The topological polar surface area (TPSA) is 111 Å². The molecule has 0 unspecified atom stereocenters. The van der Waals surface area contributed by atoms with Crippen LogP contribution in [0, 0.1) is 11.6 Å². The highest BCUT2D eigenvalue weighted by molar-refractivity contribution is 5.94. The van der Waals surface area contributed by atoms with Crippen molar-refractivity contribution in [3.63, 3.8) is 0 Å². The molecule has 3 heterocycles. The van der Waals surface area contributed by atoms with Gasteiger partial charge in [0.15, 0.2) is 17.5 Å². The zero-order chi connectivity index (χ0) is 27.5. The number of nitrogens with zero attached hydrogens (tertiary/aromatic N) is 4. The van der Waals surface area contributed by atoms with Crippen LogP contribution < -0.4 is 20.9 Å². The van der Waals surface area contributed by atoms with Crippen LogP contribution in [-0.4, -0.2) is 40.2 Å². The van der Waals surface area contributed by atoms with Crippen LogP contribution in [0.2, 0.25) is 0 Å². The van der Waals surface area contributed by atoms with Gasteiger partial charge < -0.3 is 20.9 Å². The summed E-state index contributed by atoms with van der Waals surface area (Å²) in [5.74, 6) is 0.757. The zero-order valence-corrected chi connectivity index (χ0v) is 21.9. The van der Waals surface area contributed by atoms with Gasteiger partial charge >= 0.3 is 0 Å². The normalized spacial score (nSPS) is 13.6. The molecule has 11 heteroatoms. The van der Waals surface area contributed by atoms with Crippen molar-refractivity contribution in [2.45, 2.75) is 38.3 Å². The Morgan fingerprint density at radius 2 is 1.87 bits per heavy atom. The Bertz CT molecular complexity index is 1450. The number of pyridine rings is 2. The third kappa shape index (κ3) is 6.31. The standard InChI is InChI=1S/C28H30F2N8O/c1-16(17-6-9-21(29)10-7-17)33-26-20(15-32-28(39)19-8-11-25(31-14-19)38(2)3)12-22(30)27(35-26)34-24-13-23(36-37-24)18-4-5-18/h6-14,16,18H,4-5,15H2,1-3H3,(H,32,39)(H3,33,34,35,36,37)/t16-/m0/s1. The van der Waals surface area contributed by atoms with E-state index >= 15 is 4.39 Å². The Morgan fingerprint density at radius 3 is 2.54 bits per heavy atom. The molecule has 5 rings (SSSR count). The molecule has 4 aromatic rings. The highest BCUT2D eigenvalue weighted by Crippen LogP contribution is 2.39. The Kier molecular flexibility index (Phi) is 7.40. The molecule has 1 atom stereocenters. The predicted molar refractivity (Wildman–Crippen MR) is 146 cm³/mol.